The van der Waals surface area contributed by atoms with Crippen LogP contribution in [-0.4, -0.2) is 35.6 Å². The van der Waals surface area contributed by atoms with Gasteiger partial charge in [-0.25, -0.2) is 0 Å². The Bertz CT molecular complexity index is 385. The van der Waals surface area contributed by atoms with Crippen LogP contribution in [-0.2, 0) is 11.2 Å². The second-order valence-corrected chi connectivity index (χ2v) is 5.96. The van der Waals surface area contributed by atoms with Crippen LogP contribution in [0.2, 0.25) is 0 Å². The number of hydrogen-bond donors (Lipinski definition) is 1. The number of likely N-dealkylation sites (N-methyl/N-ethyl adjacent to an activating group) is 1. The van der Waals surface area contributed by atoms with E-state index in [1.807, 2.05) is 7.05 Å². The molecule has 1 aliphatic heterocycles. The molecule has 4 nitrogen and oxygen atoms in total. The molecule has 20 heavy (non-hydrogen) atoms. The number of ether oxygens (including phenoxy) is 1. The summed E-state index contributed by atoms with van der Waals surface area (Å²) in [5.74, 6) is 0. The van der Waals surface area contributed by atoms with Crippen LogP contribution in [0.3, 0.4) is 0 Å². The lowest BCUT2D eigenvalue weighted by Crippen LogP contribution is -2.34. The zero-order valence-corrected chi connectivity index (χ0v) is 13.1. The lowest BCUT2D eigenvalue weighted by atomic mass is 9.99. The average molecular weight is 279 g/mol. The van der Waals surface area contributed by atoms with Crippen LogP contribution < -0.4 is 5.32 Å². The van der Waals surface area contributed by atoms with E-state index in [0.717, 1.165) is 25.9 Å². The van der Waals surface area contributed by atoms with Crippen molar-refractivity contribution in [3.63, 3.8) is 0 Å². The molecule has 0 bridgehead atoms. The van der Waals surface area contributed by atoms with Gasteiger partial charge in [0.15, 0.2) is 0 Å². The summed E-state index contributed by atoms with van der Waals surface area (Å²) in [5, 5.41) is 8.12. The quantitative estimate of drug-likeness (QED) is 0.834. The fourth-order valence-corrected chi connectivity index (χ4v) is 2.79. The molecule has 1 saturated heterocycles. The van der Waals surface area contributed by atoms with E-state index in [2.05, 4.69) is 36.1 Å². The minimum absolute atomic E-state index is 0.429. The maximum absolute atomic E-state index is 5.84. The Balaban J connectivity index is 1.87. The maximum Gasteiger partial charge on any atom is 0.0640 e. The van der Waals surface area contributed by atoms with Crippen LogP contribution in [0.1, 0.15) is 57.7 Å². The van der Waals surface area contributed by atoms with Gasteiger partial charge in [-0.2, -0.15) is 5.10 Å². The third kappa shape index (κ3) is 4.32. The molecule has 114 valence electrons. The highest BCUT2D eigenvalue weighted by atomic mass is 16.5. The van der Waals surface area contributed by atoms with Gasteiger partial charge in [0, 0.05) is 31.3 Å². The maximum atomic E-state index is 5.84. The second-order valence-electron chi connectivity index (χ2n) is 5.96. The Morgan fingerprint density at radius 2 is 2.35 bits per heavy atom. The number of nitrogens with one attached hydrogen (secondary N) is 1. The Hall–Kier alpha value is -0.870. The smallest absolute Gasteiger partial charge is 0.0640 e. The van der Waals surface area contributed by atoms with E-state index in [1.54, 1.807) is 0 Å². The van der Waals surface area contributed by atoms with Gasteiger partial charge in [0.2, 0.25) is 0 Å². The first-order chi connectivity index (χ1) is 9.72. The minimum Gasteiger partial charge on any atom is -0.378 e. The Morgan fingerprint density at radius 1 is 1.50 bits per heavy atom. The third-order valence-corrected chi connectivity index (χ3v) is 4.39. The van der Waals surface area contributed by atoms with E-state index >= 15 is 0 Å². The van der Waals surface area contributed by atoms with Gasteiger partial charge in [-0.3, -0.25) is 4.68 Å². The van der Waals surface area contributed by atoms with E-state index in [9.17, 15) is 0 Å². The van der Waals surface area contributed by atoms with Crippen LogP contribution in [0.15, 0.2) is 12.3 Å². The zero-order chi connectivity index (χ0) is 14.4. The fraction of sp³-hybridized carbons (Fsp3) is 0.812. The van der Waals surface area contributed by atoms with Gasteiger partial charge in [0.1, 0.15) is 0 Å². The van der Waals surface area contributed by atoms with Crippen molar-refractivity contribution >= 4 is 0 Å². The molecule has 1 fully saturated rings. The number of hydrogen-bond acceptors (Lipinski definition) is 3. The van der Waals surface area contributed by atoms with Crippen LogP contribution in [0, 0.1) is 0 Å². The molecule has 1 N–H and O–H groups in total. The summed E-state index contributed by atoms with van der Waals surface area (Å²) >= 11 is 0. The molecular formula is C16H29N3O. The zero-order valence-electron chi connectivity index (χ0n) is 13.1. The van der Waals surface area contributed by atoms with Crippen LogP contribution in [0.25, 0.3) is 0 Å². The largest absolute Gasteiger partial charge is 0.378 e. The SMILES string of the molecule is CCC(C)n1ccc(CC(CC2CCCCO2)NC)n1. The van der Waals surface area contributed by atoms with Crippen molar-refractivity contribution in [2.45, 2.75) is 70.6 Å². The summed E-state index contributed by atoms with van der Waals surface area (Å²) in [5.41, 5.74) is 1.18. The molecule has 0 spiro atoms. The summed E-state index contributed by atoms with van der Waals surface area (Å²) in [7, 11) is 2.04. The van der Waals surface area contributed by atoms with Crippen molar-refractivity contribution in [1.82, 2.24) is 15.1 Å². The van der Waals surface area contributed by atoms with Crippen LogP contribution in [0.5, 0.6) is 0 Å². The van der Waals surface area contributed by atoms with Gasteiger partial charge in [-0.1, -0.05) is 6.92 Å². The molecule has 0 radical (unpaired) electrons. The van der Waals surface area contributed by atoms with E-state index in [0.29, 0.717) is 18.2 Å². The van der Waals surface area contributed by atoms with Gasteiger partial charge in [0.25, 0.3) is 0 Å². The molecule has 0 aliphatic carbocycles. The molecule has 3 unspecified atom stereocenters. The topological polar surface area (TPSA) is 39.1 Å². The predicted octanol–water partition coefficient (Wildman–Crippen LogP) is 2.94. The van der Waals surface area contributed by atoms with Crippen molar-refractivity contribution in [3.8, 4) is 0 Å². The van der Waals surface area contributed by atoms with Gasteiger partial charge >= 0.3 is 0 Å². The average Bonchev–Trinajstić information content (AvgIpc) is 2.95. The summed E-state index contributed by atoms with van der Waals surface area (Å²) in [6.45, 7) is 5.34. The lowest BCUT2D eigenvalue weighted by Gasteiger charge is -2.26. The van der Waals surface area contributed by atoms with Gasteiger partial charge in [-0.15, -0.1) is 0 Å². The molecule has 2 heterocycles. The van der Waals surface area contributed by atoms with Crippen molar-refractivity contribution in [2.75, 3.05) is 13.7 Å². The molecule has 1 aromatic rings. The number of nitrogens with zero attached hydrogens (tertiary/aromatic N) is 2. The molecule has 3 atom stereocenters. The van der Waals surface area contributed by atoms with Crippen LogP contribution >= 0.6 is 0 Å². The Kier molecular flexibility index (Phi) is 6.05. The van der Waals surface area contributed by atoms with E-state index in [1.165, 1.54) is 25.0 Å². The first-order valence-corrected chi connectivity index (χ1v) is 8.05. The summed E-state index contributed by atoms with van der Waals surface area (Å²) in [4.78, 5) is 0. The number of rotatable bonds is 7. The molecule has 1 aliphatic rings. The highest BCUT2D eigenvalue weighted by molar-refractivity contribution is 5.02. The summed E-state index contributed by atoms with van der Waals surface area (Å²) < 4.78 is 7.93. The monoisotopic (exact) mass is 279 g/mol. The highest BCUT2D eigenvalue weighted by Crippen LogP contribution is 2.19. The lowest BCUT2D eigenvalue weighted by molar-refractivity contribution is 0.00563. The van der Waals surface area contributed by atoms with Crippen molar-refractivity contribution < 1.29 is 4.74 Å². The summed E-state index contributed by atoms with van der Waals surface area (Å²) in [6.07, 6.45) is 9.47. The molecule has 1 aromatic heterocycles. The first kappa shape index (κ1) is 15.5. The van der Waals surface area contributed by atoms with Crippen molar-refractivity contribution in [2.24, 2.45) is 0 Å². The van der Waals surface area contributed by atoms with Crippen molar-refractivity contribution in [3.05, 3.63) is 18.0 Å². The van der Waals surface area contributed by atoms with E-state index in [4.69, 9.17) is 9.84 Å². The standard InChI is InChI=1S/C16H29N3O/c1-4-13(2)19-9-8-14(18-19)11-15(17-3)12-16-7-5-6-10-20-16/h8-9,13,15-17H,4-7,10-12H2,1-3H3. The van der Waals surface area contributed by atoms with Crippen LogP contribution in [0.4, 0.5) is 0 Å². The molecule has 2 rings (SSSR count). The molecule has 0 saturated carbocycles. The molecular weight excluding hydrogens is 250 g/mol. The molecule has 0 amide bonds. The van der Waals surface area contributed by atoms with Gasteiger partial charge < -0.3 is 10.1 Å². The fourth-order valence-electron chi connectivity index (χ4n) is 2.79. The van der Waals surface area contributed by atoms with E-state index in [-0.39, 0.29) is 0 Å². The second kappa shape index (κ2) is 7.79. The summed E-state index contributed by atoms with van der Waals surface area (Å²) in [6, 6.07) is 3.09. The third-order valence-electron chi connectivity index (χ3n) is 4.39. The predicted molar refractivity (Wildman–Crippen MR) is 82.0 cm³/mol. The molecule has 0 aromatic carbocycles. The van der Waals surface area contributed by atoms with E-state index < -0.39 is 0 Å². The minimum atomic E-state index is 0.429. The molecule has 4 heteroatoms. The Labute approximate surface area is 122 Å². The number of aromatic nitrogens is 2. The highest BCUT2D eigenvalue weighted by Gasteiger charge is 2.19. The Morgan fingerprint density at radius 3 is 3.00 bits per heavy atom. The van der Waals surface area contributed by atoms with Crippen molar-refractivity contribution in [1.29, 1.82) is 0 Å². The van der Waals surface area contributed by atoms with Gasteiger partial charge in [0.05, 0.1) is 11.8 Å². The normalized spacial score (nSPS) is 22.6. The van der Waals surface area contributed by atoms with Gasteiger partial charge in [-0.05, 0) is 52.1 Å². The first-order valence-electron chi connectivity index (χ1n) is 8.05.